The van der Waals surface area contributed by atoms with E-state index in [1.165, 1.54) is 0 Å². The molecule has 0 aliphatic rings. The molecule has 5 heteroatoms. The fraction of sp³-hybridized carbons (Fsp3) is 0.333. The number of halogens is 1. The number of nitrogens with one attached hydrogen (secondary N) is 1. The Hall–Kier alpha value is -1.55. The Morgan fingerprint density at radius 1 is 1.41 bits per heavy atom. The van der Waals surface area contributed by atoms with E-state index in [0.29, 0.717) is 11.7 Å². The van der Waals surface area contributed by atoms with Crippen molar-refractivity contribution in [1.29, 1.82) is 0 Å². The van der Waals surface area contributed by atoms with Crippen LogP contribution in [-0.2, 0) is 13.6 Å². The smallest absolute Gasteiger partial charge is 0.152 e. The van der Waals surface area contributed by atoms with Crippen LogP contribution in [0.3, 0.4) is 0 Å². The molecule has 0 aromatic carbocycles. The van der Waals surface area contributed by atoms with Gasteiger partial charge in [-0.1, -0.05) is 11.6 Å². The summed E-state index contributed by atoms with van der Waals surface area (Å²) in [6.45, 7) is 4.70. The molecule has 0 saturated carbocycles. The number of hydrogen-bond donors (Lipinski definition) is 1. The Labute approximate surface area is 106 Å². The lowest BCUT2D eigenvalue weighted by Gasteiger charge is -2.09. The van der Waals surface area contributed by atoms with E-state index in [1.54, 1.807) is 6.20 Å². The molecule has 2 rings (SSSR count). The number of nitrogens with zero attached hydrogens (tertiary/aromatic N) is 3. The van der Waals surface area contributed by atoms with Gasteiger partial charge in [-0.15, -0.1) is 0 Å². The van der Waals surface area contributed by atoms with Crippen molar-refractivity contribution in [2.75, 3.05) is 5.32 Å². The standard InChI is InChI=1S/C12H15ClN4/c1-8-4-5-14-12(13)11(8)15-6-10-7-17(3)16-9(10)2/h4-5,7,15H,6H2,1-3H3. The van der Waals surface area contributed by atoms with Crippen LogP contribution < -0.4 is 5.32 Å². The number of aromatic nitrogens is 3. The second kappa shape index (κ2) is 4.75. The van der Waals surface area contributed by atoms with Crippen molar-refractivity contribution in [2.24, 2.45) is 7.05 Å². The summed E-state index contributed by atoms with van der Waals surface area (Å²) in [4.78, 5) is 4.06. The quantitative estimate of drug-likeness (QED) is 0.852. The molecule has 0 spiro atoms. The highest BCUT2D eigenvalue weighted by atomic mass is 35.5. The van der Waals surface area contributed by atoms with Crippen LogP contribution in [0.15, 0.2) is 18.5 Å². The first-order valence-electron chi connectivity index (χ1n) is 5.42. The van der Waals surface area contributed by atoms with Gasteiger partial charge in [-0.25, -0.2) is 4.98 Å². The third-order valence-electron chi connectivity index (χ3n) is 2.68. The van der Waals surface area contributed by atoms with Crippen LogP contribution in [0, 0.1) is 13.8 Å². The molecule has 0 aliphatic carbocycles. The molecule has 2 heterocycles. The molecule has 0 unspecified atom stereocenters. The highest BCUT2D eigenvalue weighted by Gasteiger charge is 2.07. The van der Waals surface area contributed by atoms with Gasteiger partial charge in [0.15, 0.2) is 5.15 Å². The lowest BCUT2D eigenvalue weighted by Crippen LogP contribution is -2.02. The van der Waals surface area contributed by atoms with Crippen molar-refractivity contribution in [1.82, 2.24) is 14.8 Å². The molecule has 0 bridgehead atoms. The van der Waals surface area contributed by atoms with Gasteiger partial charge in [0, 0.05) is 31.5 Å². The van der Waals surface area contributed by atoms with E-state index < -0.39 is 0 Å². The molecule has 0 amide bonds. The summed E-state index contributed by atoms with van der Waals surface area (Å²) >= 11 is 6.05. The van der Waals surface area contributed by atoms with Crippen LogP contribution in [0.4, 0.5) is 5.69 Å². The summed E-state index contributed by atoms with van der Waals surface area (Å²) in [6, 6.07) is 1.93. The zero-order valence-corrected chi connectivity index (χ0v) is 10.9. The third-order valence-corrected chi connectivity index (χ3v) is 2.97. The van der Waals surface area contributed by atoms with Crippen molar-refractivity contribution in [3.05, 3.63) is 40.4 Å². The molecular formula is C12H15ClN4. The van der Waals surface area contributed by atoms with Gasteiger partial charge in [0.05, 0.1) is 11.4 Å². The Kier molecular flexibility index (Phi) is 3.33. The second-order valence-electron chi connectivity index (χ2n) is 4.06. The summed E-state index contributed by atoms with van der Waals surface area (Å²) in [5, 5.41) is 8.11. The van der Waals surface area contributed by atoms with Crippen molar-refractivity contribution in [2.45, 2.75) is 20.4 Å². The van der Waals surface area contributed by atoms with Gasteiger partial charge >= 0.3 is 0 Å². The fourth-order valence-electron chi connectivity index (χ4n) is 1.74. The maximum Gasteiger partial charge on any atom is 0.152 e. The molecular weight excluding hydrogens is 236 g/mol. The molecule has 2 aromatic rings. The van der Waals surface area contributed by atoms with Gasteiger partial charge in [-0.05, 0) is 25.5 Å². The molecule has 17 heavy (non-hydrogen) atoms. The van der Waals surface area contributed by atoms with Crippen molar-refractivity contribution in [3.63, 3.8) is 0 Å². The largest absolute Gasteiger partial charge is 0.378 e. The molecule has 90 valence electrons. The number of aryl methyl sites for hydroxylation is 3. The molecule has 0 atom stereocenters. The number of rotatable bonds is 3. The summed E-state index contributed by atoms with van der Waals surface area (Å²) in [7, 11) is 1.92. The third kappa shape index (κ3) is 2.58. The predicted molar refractivity (Wildman–Crippen MR) is 69.3 cm³/mol. The first kappa shape index (κ1) is 11.9. The average molecular weight is 251 g/mol. The van der Waals surface area contributed by atoms with Gasteiger partial charge in [0.2, 0.25) is 0 Å². The minimum atomic E-state index is 0.506. The fourth-order valence-corrected chi connectivity index (χ4v) is 2.02. The van der Waals surface area contributed by atoms with E-state index >= 15 is 0 Å². The van der Waals surface area contributed by atoms with Crippen LogP contribution in [-0.4, -0.2) is 14.8 Å². The van der Waals surface area contributed by atoms with E-state index in [9.17, 15) is 0 Å². The summed E-state index contributed by atoms with van der Waals surface area (Å²) < 4.78 is 1.81. The molecule has 0 radical (unpaired) electrons. The summed E-state index contributed by atoms with van der Waals surface area (Å²) in [5.41, 5.74) is 4.16. The Morgan fingerprint density at radius 2 is 2.18 bits per heavy atom. The SMILES string of the molecule is Cc1ccnc(Cl)c1NCc1cn(C)nc1C. The molecule has 2 aromatic heterocycles. The van der Waals surface area contributed by atoms with Gasteiger partial charge in [0.1, 0.15) is 0 Å². The van der Waals surface area contributed by atoms with E-state index in [0.717, 1.165) is 22.5 Å². The van der Waals surface area contributed by atoms with Crippen molar-refractivity contribution < 1.29 is 0 Å². The molecule has 0 fully saturated rings. The normalized spacial score (nSPS) is 10.6. The maximum atomic E-state index is 6.05. The first-order valence-corrected chi connectivity index (χ1v) is 5.80. The average Bonchev–Trinajstić information content (AvgIpc) is 2.57. The number of anilines is 1. The predicted octanol–water partition coefficient (Wildman–Crippen LogP) is 2.70. The van der Waals surface area contributed by atoms with Crippen LogP contribution in [0.2, 0.25) is 5.15 Å². The van der Waals surface area contributed by atoms with Crippen LogP contribution in [0.5, 0.6) is 0 Å². The Balaban J connectivity index is 2.15. The maximum absolute atomic E-state index is 6.05. The lowest BCUT2D eigenvalue weighted by molar-refractivity contribution is 0.756. The molecule has 4 nitrogen and oxygen atoms in total. The van der Waals surface area contributed by atoms with Gasteiger partial charge in [-0.2, -0.15) is 5.10 Å². The van der Waals surface area contributed by atoms with Crippen LogP contribution in [0.1, 0.15) is 16.8 Å². The number of hydrogen-bond acceptors (Lipinski definition) is 3. The highest BCUT2D eigenvalue weighted by Crippen LogP contribution is 2.23. The Morgan fingerprint density at radius 3 is 2.76 bits per heavy atom. The van der Waals surface area contributed by atoms with Gasteiger partial charge in [0.25, 0.3) is 0 Å². The van der Waals surface area contributed by atoms with Gasteiger partial charge < -0.3 is 5.32 Å². The van der Waals surface area contributed by atoms with Gasteiger partial charge in [-0.3, -0.25) is 4.68 Å². The highest BCUT2D eigenvalue weighted by molar-refractivity contribution is 6.32. The summed E-state index contributed by atoms with van der Waals surface area (Å²) in [5.74, 6) is 0. The van der Waals surface area contributed by atoms with E-state index in [-0.39, 0.29) is 0 Å². The van der Waals surface area contributed by atoms with Crippen molar-refractivity contribution >= 4 is 17.3 Å². The molecule has 0 aliphatic heterocycles. The topological polar surface area (TPSA) is 42.7 Å². The zero-order valence-electron chi connectivity index (χ0n) is 10.2. The van der Waals surface area contributed by atoms with E-state index in [2.05, 4.69) is 15.4 Å². The minimum absolute atomic E-state index is 0.506. The van der Waals surface area contributed by atoms with E-state index in [1.807, 2.05) is 37.8 Å². The molecule has 0 saturated heterocycles. The van der Waals surface area contributed by atoms with Crippen LogP contribution in [0.25, 0.3) is 0 Å². The lowest BCUT2D eigenvalue weighted by atomic mass is 10.2. The Bertz CT molecular complexity index is 513. The van der Waals surface area contributed by atoms with Crippen molar-refractivity contribution in [3.8, 4) is 0 Å². The second-order valence-corrected chi connectivity index (χ2v) is 4.42. The first-order chi connectivity index (χ1) is 8.08. The van der Waals surface area contributed by atoms with Crippen LogP contribution >= 0.6 is 11.6 Å². The number of pyridine rings is 1. The summed E-state index contributed by atoms with van der Waals surface area (Å²) in [6.07, 6.45) is 3.71. The zero-order chi connectivity index (χ0) is 12.4. The monoisotopic (exact) mass is 250 g/mol. The molecule has 1 N–H and O–H groups in total. The minimum Gasteiger partial charge on any atom is -0.378 e. The van der Waals surface area contributed by atoms with E-state index in [4.69, 9.17) is 11.6 Å².